The maximum Gasteiger partial charge on any atom is 0.164 e. The quantitative estimate of drug-likeness (QED) is 0.831. The lowest BCUT2D eigenvalue weighted by atomic mass is 9.77. The molecule has 0 saturated carbocycles. The molecule has 2 rings (SSSR count). The number of nitrogens with zero attached hydrogens (tertiary/aromatic N) is 1. The minimum atomic E-state index is -3.15. The Labute approximate surface area is 132 Å². The summed E-state index contributed by atoms with van der Waals surface area (Å²) in [6, 6.07) is 0. The van der Waals surface area contributed by atoms with Gasteiger partial charge in [-0.1, -0.05) is 0 Å². The fraction of sp³-hybridized carbons (Fsp3) is 1.00. The van der Waals surface area contributed by atoms with E-state index in [-0.39, 0.29) is 5.60 Å². The third-order valence-corrected chi connectivity index (χ3v) is 7.48. The fourth-order valence-corrected chi connectivity index (χ4v) is 6.97. The van der Waals surface area contributed by atoms with Crippen LogP contribution in [-0.4, -0.2) is 66.3 Å². The Morgan fingerprint density at radius 2 is 1.95 bits per heavy atom. The van der Waals surface area contributed by atoms with E-state index in [0.29, 0.717) is 12.3 Å². The third kappa shape index (κ3) is 3.00. The fourth-order valence-electron chi connectivity index (χ4n) is 4.05. The second kappa shape index (κ2) is 5.37. The SMILES string of the molecule is CC1(C)CC(CN)(N2CCSCC2S(C)(=O)=O)C(C)(C)O1. The van der Waals surface area contributed by atoms with Crippen LogP contribution in [0, 0.1) is 0 Å². The number of hydrogen-bond donors (Lipinski definition) is 1. The van der Waals surface area contributed by atoms with Crippen molar-refractivity contribution in [1.29, 1.82) is 0 Å². The summed E-state index contributed by atoms with van der Waals surface area (Å²) in [6.07, 6.45) is 2.08. The number of rotatable bonds is 3. The van der Waals surface area contributed by atoms with Gasteiger partial charge in [-0.05, 0) is 34.1 Å². The van der Waals surface area contributed by atoms with E-state index in [1.54, 1.807) is 11.8 Å². The minimum absolute atomic E-state index is 0.296. The molecular weight excluding hydrogens is 308 g/mol. The zero-order chi connectivity index (χ0) is 16.1. The molecule has 2 atom stereocenters. The molecule has 124 valence electrons. The van der Waals surface area contributed by atoms with Crippen molar-refractivity contribution in [3.63, 3.8) is 0 Å². The summed E-state index contributed by atoms with van der Waals surface area (Å²) in [4.78, 5) is 2.12. The Balaban J connectivity index is 2.48. The van der Waals surface area contributed by atoms with Crippen molar-refractivity contribution in [2.24, 2.45) is 5.73 Å². The van der Waals surface area contributed by atoms with E-state index in [1.165, 1.54) is 6.26 Å². The predicted octanol–water partition coefficient (Wildman–Crippen LogP) is 1.08. The van der Waals surface area contributed by atoms with E-state index < -0.39 is 26.4 Å². The summed E-state index contributed by atoms with van der Waals surface area (Å²) >= 11 is 1.70. The Bertz CT molecular complexity index is 504. The molecule has 7 heteroatoms. The number of thioether (sulfide) groups is 1. The van der Waals surface area contributed by atoms with E-state index in [0.717, 1.165) is 18.7 Å². The van der Waals surface area contributed by atoms with Crippen LogP contribution in [0.25, 0.3) is 0 Å². The molecule has 2 unspecified atom stereocenters. The normalized spacial score (nSPS) is 36.8. The summed E-state index contributed by atoms with van der Waals surface area (Å²) in [5, 5.41) is -0.475. The highest BCUT2D eigenvalue weighted by atomic mass is 32.2. The van der Waals surface area contributed by atoms with Crippen LogP contribution < -0.4 is 5.73 Å². The molecule has 0 aromatic carbocycles. The molecule has 0 bridgehead atoms. The summed E-state index contributed by atoms with van der Waals surface area (Å²) in [5.41, 5.74) is 4.97. The van der Waals surface area contributed by atoms with E-state index in [4.69, 9.17) is 10.5 Å². The van der Waals surface area contributed by atoms with Crippen molar-refractivity contribution in [3.05, 3.63) is 0 Å². The van der Waals surface area contributed by atoms with Crippen LogP contribution in [-0.2, 0) is 14.6 Å². The molecule has 2 N–H and O–H groups in total. The largest absolute Gasteiger partial charge is 0.368 e. The van der Waals surface area contributed by atoms with Crippen molar-refractivity contribution < 1.29 is 13.2 Å². The van der Waals surface area contributed by atoms with Crippen LogP contribution in [0.2, 0.25) is 0 Å². The highest BCUT2D eigenvalue weighted by Gasteiger charge is 2.61. The lowest BCUT2D eigenvalue weighted by Crippen LogP contribution is -2.68. The van der Waals surface area contributed by atoms with Crippen LogP contribution in [0.1, 0.15) is 34.1 Å². The molecule has 0 aromatic heterocycles. The van der Waals surface area contributed by atoms with Gasteiger partial charge in [-0.3, -0.25) is 4.90 Å². The van der Waals surface area contributed by atoms with Crippen LogP contribution in [0.5, 0.6) is 0 Å². The number of hydrogen-bond acceptors (Lipinski definition) is 6. The predicted molar refractivity (Wildman–Crippen MR) is 88.3 cm³/mol. The zero-order valence-corrected chi connectivity index (χ0v) is 15.3. The Morgan fingerprint density at radius 1 is 1.33 bits per heavy atom. The average molecular weight is 337 g/mol. The standard InChI is InChI=1S/C14H28N2O3S2/c1-12(2)9-14(10-15,13(3,4)19-12)16-6-7-20-8-11(16)21(5,17)18/h11H,6-10,15H2,1-5H3. The van der Waals surface area contributed by atoms with E-state index in [1.807, 2.05) is 13.8 Å². The van der Waals surface area contributed by atoms with Crippen LogP contribution in [0.4, 0.5) is 0 Å². The van der Waals surface area contributed by atoms with Gasteiger partial charge in [0.15, 0.2) is 9.84 Å². The second-order valence-corrected chi connectivity index (χ2v) is 10.7. The van der Waals surface area contributed by atoms with Crippen molar-refractivity contribution in [2.45, 2.75) is 56.2 Å². The topological polar surface area (TPSA) is 72.6 Å². The van der Waals surface area contributed by atoms with Crippen LogP contribution >= 0.6 is 11.8 Å². The molecule has 21 heavy (non-hydrogen) atoms. The van der Waals surface area contributed by atoms with Crippen molar-refractivity contribution in [3.8, 4) is 0 Å². The smallest absolute Gasteiger partial charge is 0.164 e. The first-order valence-corrected chi connectivity index (χ1v) is 10.5. The lowest BCUT2D eigenvalue weighted by Gasteiger charge is -2.51. The number of ether oxygens (including phenoxy) is 1. The minimum Gasteiger partial charge on any atom is -0.368 e. The monoisotopic (exact) mass is 336 g/mol. The molecular formula is C14H28N2O3S2. The molecule has 0 aromatic rings. The zero-order valence-electron chi connectivity index (χ0n) is 13.7. The van der Waals surface area contributed by atoms with Gasteiger partial charge >= 0.3 is 0 Å². The first kappa shape index (κ1) is 17.5. The summed E-state index contributed by atoms with van der Waals surface area (Å²) in [6.45, 7) is 9.33. The molecule has 2 saturated heterocycles. The maximum atomic E-state index is 12.2. The summed E-state index contributed by atoms with van der Waals surface area (Å²) in [7, 11) is -3.15. The van der Waals surface area contributed by atoms with E-state index >= 15 is 0 Å². The molecule has 0 spiro atoms. The molecule has 2 aliphatic heterocycles. The van der Waals surface area contributed by atoms with Crippen LogP contribution in [0.3, 0.4) is 0 Å². The van der Waals surface area contributed by atoms with Crippen LogP contribution in [0.15, 0.2) is 0 Å². The highest BCUT2D eigenvalue weighted by Crippen LogP contribution is 2.49. The lowest BCUT2D eigenvalue weighted by molar-refractivity contribution is -0.105. The maximum absolute atomic E-state index is 12.2. The molecule has 2 heterocycles. The van der Waals surface area contributed by atoms with Gasteiger partial charge in [0.05, 0.1) is 16.7 Å². The van der Waals surface area contributed by atoms with Gasteiger partial charge in [-0.25, -0.2) is 8.42 Å². The summed E-state index contributed by atoms with van der Waals surface area (Å²) < 4.78 is 30.7. The van der Waals surface area contributed by atoms with Gasteiger partial charge in [0.1, 0.15) is 5.37 Å². The molecule has 0 amide bonds. The van der Waals surface area contributed by atoms with Gasteiger partial charge in [-0.15, -0.1) is 0 Å². The number of sulfone groups is 1. The van der Waals surface area contributed by atoms with Crippen molar-refractivity contribution >= 4 is 21.6 Å². The van der Waals surface area contributed by atoms with Gasteiger partial charge < -0.3 is 10.5 Å². The Hall–Kier alpha value is 0.180. The number of nitrogens with two attached hydrogens (primary N) is 1. The molecule has 0 aliphatic carbocycles. The van der Waals surface area contributed by atoms with Gasteiger partial charge in [0.2, 0.25) is 0 Å². The molecule has 2 aliphatic rings. The highest BCUT2D eigenvalue weighted by molar-refractivity contribution is 8.00. The van der Waals surface area contributed by atoms with Crippen molar-refractivity contribution in [2.75, 3.05) is 30.9 Å². The van der Waals surface area contributed by atoms with Gasteiger partial charge in [0.25, 0.3) is 0 Å². The Kier molecular flexibility index (Phi) is 4.48. The van der Waals surface area contributed by atoms with E-state index in [2.05, 4.69) is 18.7 Å². The first-order chi connectivity index (χ1) is 9.45. The molecule has 0 radical (unpaired) electrons. The second-order valence-electron chi connectivity index (χ2n) is 7.34. The first-order valence-electron chi connectivity index (χ1n) is 7.39. The third-order valence-electron chi connectivity index (χ3n) is 4.84. The average Bonchev–Trinajstić information content (AvgIpc) is 2.53. The summed E-state index contributed by atoms with van der Waals surface area (Å²) in [5.74, 6) is 1.54. The molecule has 5 nitrogen and oxygen atoms in total. The van der Waals surface area contributed by atoms with Gasteiger partial charge in [0, 0.05) is 30.9 Å². The Morgan fingerprint density at radius 3 is 2.38 bits per heavy atom. The van der Waals surface area contributed by atoms with Crippen molar-refractivity contribution in [1.82, 2.24) is 4.90 Å². The van der Waals surface area contributed by atoms with Gasteiger partial charge in [-0.2, -0.15) is 11.8 Å². The van der Waals surface area contributed by atoms with E-state index in [9.17, 15) is 8.42 Å². The molecule has 2 fully saturated rings.